The molecular weight excluding hydrogens is 190 g/mol. The van der Waals surface area contributed by atoms with Crippen LogP contribution in [0.5, 0.6) is 0 Å². The number of methoxy groups -OCH3 is 1. The fraction of sp³-hybridized carbons (Fsp3) is 0.727. The Morgan fingerprint density at radius 1 is 1.53 bits per heavy atom. The Morgan fingerprint density at radius 2 is 2.33 bits per heavy atom. The van der Waals surface area contributed by atoms with E-state index in [1.807, 2.05) is 17.7 Å². The summed E-state index contributed by atoms with van der Waals surface area (Å²) in [5.74, 6) is 0.772. The summed E-state index contributed by atoms with van der Waals surface area (Å²) in [7, 11) is 1.78. The first-order valence-electron chi connectivity index (χ1n) is 5.55. The third-order valence-corrected chi connectivity index (χ3v) is 3.16. The predicted octanol–water partition coefficient (Wildman–Crippen LogP) is 1.90. The number of rotatable bonds is 2. The van der Waals surface area contributed by atoms with E-state index in [0.717, 1.165) is 30.8 Å². The van der Waals surface area contributed by atoms with Crippen LogP contribution in [0.4, 0.5) is 5.82 Å². The molecule has 2 N–H and O–H groups in total. The number of nitrogens with two attached hydrogens (primary N) is 1. The molecule has 4 nitrogen and oxygen atoms in total. The minimum absolute atomic E-state index is 0.368. The molecule has 1 saturated carbocycles. The fourth-order valence-electron chi connectivity index (χ4n) is 2.39. The summed E-state index contributed by atoms with van der Waals surface area (Å²) >= 11 is 0. The summed E-state index contributed by atoms with van der Waals surface area (Å²) in [6, 6.07) is 2.34. The van der Waals surface area contributed by atoms with Gasteiger partial charge in [0.25, 0.3) is 0 Å². The van der Waals surface area contributed by atoms with Crippen LogP contribution < -0.4 is 5.73 Å². The summed E-state index contributed by atoms with van der Waals surface area (Å²) in [5, 5.41) is 4.44. The minimum atomic E-state index is 0.368. The van der Waals surface area contributed by atoms with Crippen LogP contribution in [-0.2, 0) is 4.74 Å². The Labute approximate surface area is 90.4 Å². The van der Waals surface area contributed by atoms with Crippen molar-refractivity contribution < 1.29 is 4.74 Å². The van der Waals surface area contributed by atoms with Gasteiger partial charge in [0, 0.05) is 13.2 Å². The Balaban J connectivity index is 2.13. The van der Waals surface area contributed by atoms with Gasteiger partial charge in [-0.2, -0.15) is 5.10 Å². The van der Waals surface area contributed by atoms with Crippen molar-refractivity contribution in [2.75, 3.05) is 12.8 Å². The molecule has 1 heterocycles. The van der Waals surface area contributed by atoms with E-state index in [0.29, 0.717) is 12.1 Å². The van der Waals surface area contributed by atoms with Gasteiger partial charge in [0.2, 0.25) is 0 Å². The largest absolute Gasteiger partial charge is 0.384 e. The van der Waals surface area contributed by atoms with E-state index < -0.39 is 0 Å². The number of nitrogen functional groups attached to an aromatic ring is 1. The van der Waals surface area contributed by atoms with Crippen molar-refractivity contribution >= 4 is 5.82 Å². The van der Waals surface area contributed by atoms with E-state index in [9.17, 15) is 0 Å². The number of aromatic nitrogens is 2. The first kappa shape index (κ1) is 10.5. The normalized spacial score (nSPS) is 26.8. The summed E-state index contributed by atoms with van der Waals surface area (Å²) in [6.45, 7) is 1.98. The molecule has 2 rings (SSSR count). The van der Waals surface area contributed by atoms with Gasteiger partial charge in [-0.25, -0.2) is 4.68 Å². The van der Waals surface area contributed by atoms with Crippen molar-refractivity contribution in [3.63, 3.8) is 0 Å². The third-order valence-electron chi connectivity index (χ3n) is 3.16. The van der Waals surface area contributed by atoms with Crippen molar-refractivity contribution in [1.82, 2.24) is 9.78 Å². The quantitative estimate of drug-likeness (QED) is 0.809. The SMILES string of the molecule is COC1CCCC(n2nc(C)cc2N)C1. The Morgan fingerprint density at radius 3 is 2.93 bits per heavy atom. The molecular formula is C11H19N3O. The molecule has 0 amide bonds. The summed E-state index contributed by atoms with van der Waals surface area (Å²) in [5.41, 5.74) is 6.91. The molecule has 0 bridgehead atoms. The van der Waals surface area contributed by atoms with Crippen LogP contribution >= 0.6 is 0 Å². The number of aryl methyl sites for hydroxylation is 1. The van der Waals surface area contributed by atoms with Crippen molar-refractivity contribution in [3.05, 3.63) is 11.8 Å². The van der Waals surface area contributed by atoms with Crippen LogP contribution in [0.2, 0.25) is 0 Å². The third kappa shape index (κ3) is 2.15. The lowest BCUT2D eigenvalue weighted by molar-refractivity contribution is 0.0512. The van der Waals surface area contributed by atoms with Crippen LogP contribution in [-0.4, -0.2) is 23.0 Å². The Bertz CT molecular complexity index is 335. The molecule has 15 heavy (non-hydrogen) atoms. The van der Waals surface area contributed by atoms with E-state index in [4.69, 9.17) is 10.5 Å². The molecule has 0 saturated heterocycles. The molecule has 2 atom stereocenters. The van der Waals surface area contributed by atoms with Gasteiger partial charge in [0.15, 0.2) is 0 Å². The average molecular weight is 209 g/mol. The highest BCUT2D eigenvalue weighted by Crippen LogP contribution is 2.31. The van der Waals surface area contributed by atoms with Gasteiger partial charge in [-0.15, -0.1) is 0 Å². The highest BCUT2D eigenvalue weighted by atomic mass is 16.5. The molecule has 0 radical (unpaired) electrons. The van der Waals surface area contributed by atoms with Crippen LogP contribution in [0.1, 0.15) is 37.4 Å². The van der Waals surface area contributed by atoms with Crippen molar-refractivity contribution in [3.8, 4) is 0 Å². The van der Waals surface area contributed by atoms with E-state index in [1.54, 1.807) is 7.11 Å². The second-order valence-electron chi connectivity index (χ2n) is 4.33. The minimum Gasteiger partial charge on any atom is -0.384 e. The number of hydrogen-bond donors (Lipinski definition) is 1. The molecule has 1 aromatic heterocycles. The number of hydrogen-bond acceptors (Lipinski definition) is 3. The molecule has 1 aliphatic carbocycles. The predicted molar refractivity (Wildman–Crippen MR) is 59.7 cm³/mol. The summed E-state index contributed by atoms with van der Waals surface area (Å²) < 4.78 is 7.37. The molecule has 84 valence electrons. The highest BCUT2D eigenvalue weighted by molar-refractivity contribution is 5.30. The zero-order chi connectivity index (χ0) is 10.8. The van der Waals surface area contributed by atoms with Gasteiger partial charge in [0.1, 0.15) is 5.82 Å². The fourth-order valence-corrected chi connectivity index (χ4v) is 2.39. The zero-order valence-corrected chi connectivity index (χ0v) is 9.44. The van der Waals surface area contributed by atoms with Crippen molar-refractivity contribution in [2.24, 2.45) is 0 Å². The number of anilines is 1. The summed E-state index contributed by atoms with van der Waals surface area (Å²) in [6.07, 6.45) is 4.91. The zero-order valence-electron chi connectivity index (χ0n) is 9.44. The first-order valence-corrected chi connectivity index (χ1v) is 5.55. The van der Waals surface area contributed by atoms with Gasteiger partial charge < -0.3 is 10.5 Å². The van der Waals surface area contributed by atoms with Crippen molar-refractivity contribution in [2.45, 2.75) is 44.8 Å². The summed E-state index contributed by atoms with van der Waals surface area (Å²) in [4.78, 5) is 0. The van der Waals surface area contributed by atoms with Crippen LogP contribution in [0.25, 0.3) is 0 Å². The van der Waals surface area contributed by atoms with Gasteiger partial charge in [-0.1, -0.05) is 0 Å². The molecule has 4 heteroatoms. The maximum absolute atomic E-state index is 5.92. The molecule has 1 aliphatic rings. The Hall–Kier alpha value is -1.03. The van der Waals surface area contributed by atoms with Crippen molar-refractivity contribution in [1.29, 1.82) is 0 Å². The second kappa shape index (κ2) is 4.23. The topological polar surface area (TPSA) is 53.1 Å². The van der Waals surface area contributed by atoms with Gasteiger partial charge >= 0.3 is 0 Å². The molecule has 0 spiro atoms. The lowest BCUT2D eigenvalue weighted by Gasteiger charge is -2.28. The standard InChI is InChI=1S/C11H19N3O/c1-8-6-11(12)14(13-8)9-4-3-5-10(7-9)15-2/h6,9-10H,3-5,7,12H2,1-2H3. The van der Waals surface area contributed by atoms with E-state index in [2.05, 4.69) is 5.10 Å². The second-order valence-corrected chi connectivity index (χ2v) is 4.33. The van der Waals surface area contributed by atoms with Gasteiger partial charge in [-0.05, 0) is 32.6 Å². The van der Waals surface area contributed by atoms with Gasteiger partial charge in [-0.3, -0.25) is 0 Å². The lowest BCUT2D eigenvalue weighted by Crippen LogP contribution is -2.25. The maximum atomic E-state index is 5.92. The monoisotopic (exact) mass is 209 g/mol. The van der Waals surface area contributed by atoms with Gasteiger partial charge in [0.05, 0.1) is 17.8 Å². The van der Waals surface area contributed by atoms with Crippen LogP contribution in [0, 0.1) is 6.92 Å². The first-order chi connectivity index (χ1) is 7.20. The highest BCUT2D eigenvalue weighted by Gasteiger charge is 2.24. The maximum Gasteiger partial charge on any atom is 0.122 e. The van der Waals surface area contributed by atoms with E-state index in [-0.39, 0.29) is 0 Å². The lowest BCUT2D eigenvalue weighted by atomic mass is 9.93. The molecule has 0 aliphatic heterocycles. The number of ether oxygens (including phenoxy) is 1. The van der Waals surface area contributed by atoms with E-state index in [1.165, 1.54) is 6.42 Å². The van der Waals surface area contributed by atoms with Crippen LogP contribution in [0.15, 0.2) is 6.07 Å². The van der Waals surface area contributed by atoms with Crippen LogP contribution in [0.3, 0.4) is 0 Å². The Kier molecular flexibility index (Phi) is 2.95. The smallest absolute Gasteiger partial charge is 0.122 e. The molecule has 1 fully saturated rings. The molecule has 1 aromatic rings. The molecule has 2 unspecified atom stereocenters. The molecule has 0 aromatic carbocycles. The number of nitrogens with zero attached hydrogens (tertiary/aromatic N) is 2. The van der Waals surface area contributed by atoms with E-state index >= 15 is 0 Å². The average Bonchev–Trinajstić information content (AvgIpc) is 2.58.